The molecule has 0 fully saturated rings. The highest BCUT2D eigenvalue weighted by atomic mass is 16.5. The number of pyridine rings is 1. The predicted octanol–water partition coefficient (Wildman–Crippen LogP) is 3.81. The molecular weight excluding hydrogens is 354 g/mol. The fourth-order valence-corrected chi connectivity index (χ4v) is 3.33. The zero-order chi connectivity index (χ0) is 19.5. The lowest BCUT2D eigenvalue weighted by molar-refractivity contribution is 0.0600. The molecule has 1 amide bonds. The number of esters is 1. The number of hydrogen-bond acceptors (Lipinski definition) is 5. The van der Waals surface area contributed by atoms with E-state index in [-0.39, 0.29) is 5.91 Å². The average Bonchev–Trinajstić information content (AvgIpc) is 3.17. The zero-order valence-corrected chi connectivity index (χ0v) is 15.4. The molecule has 0 spiro atoms. The van der Waals surface area contributed by atoms with E-state index in [4.69, 9.17) is 4.74 Å². The highest BCUT2D eigenvalue weighted by Gasteiger charge is 2.21. The van der Waals surface area contributed by atoms with Crippen molar-refractivity contribution >= 4 is 29.1 Å². The Morgan fingerprint density at radius 3 is 2.75 bits per heavy atom. The van der Waals surface area contributed by atoms with Gasteiger partial charge in [-0.25, -0.2) is 9.78 Å². The van der Waals surface area contributed by atoms with Crippen LogP contribution in [0.25, 0.3) is 0 Å². The van der Waals surface area contributed by atoms with Crippen molar-refractivity contribution in [2.75, 3.05) is 23.9 Å². The molecule has 0 radical (unpaired) electrons. The third-order valence-corrected chi connectivity index (χ3v) is 4.71. The SMILES string of the molecule is COC(=O)c1cccc(NC(=O)c2ccnc(N3CCc4ccccc43)c2)c1. The van der Waals surface area contributed by atoms with Crippen molar-refractivity contribution in [2.45, 2.75) is 6.42 Å². The summed E-state index contributed by atoms with van der Waals surface area (Å²) >= 11 is 0. The van der Waals surface area contributed by atoms with Gasteiger partial charge in [0.15, 0.2) is 0 Å². The fraction of sp³-hybridized carbons (Fsp3) is 0.136. The number of benzene rings is 2. The van der Waals surface area contributed by atoms with Crippen LogP contribution in [0.2, 0.25) is 0 Å². The Morgan fingerprint density at radius 1 is 1.04 bits per heavy atom. The van der Waals surface area contributed by atoms with E-state index in [1.165, 1.54) is 12.7 Å². The van der Waals surface area contributed by atoms with E-state index in [1.807, 2.05) is 12.1 Å². The monoisotopic (exact) mass is 373 g/mol. The van der Waals surface area contributed by atoms with Crippen LogP contribution >= 0.6 is 0 Å². The number of nitrogens with one attached hydrogen (secondary N) is 1. The van der Waals surface area contributed by atoms with E-state index in [2.05, 4.69) is 27.3 Å². The average molecular weight is 373 g/mol. The summed E-state index contributed by atoms with van der Waals surface area (Å²) in [4.78, 5) is 30.9. The number of nitrogens with zero attached hydrogens (tertiary/aromatic N) is 2. The lowest BCUT2D eigenvalue weighted by Crippen LogP contribution is -2.17. The molecule has 0 saturated carbocycles. The molecule has 0 unspecified atom stereocenters. The number of amides is 1. The van der Waals surface area contributed by atoms with Crippen LogP contribution in [0.4, 0.5) is 17.2 Å². The molecule has 0 aliphatic carbocycles. The van der Waals surface area contributed by atoms with Crippen molar-refractivity contribution < 1.29 is 14.3 Å². The molecule has 1 aromatic heterocycles. The molecule has 1 aliphatic heterocycles. The van der Waals surface area contributed by atoms with Gasteiger partial charge in [0.2, 0.25) is 0 Å². The summed E-state index contributed by atoms with van der Waals surface area (Å²) in [5.74, 6) is 0.0223. The van der Waals surface area contributed by atoms with E-state index < -0.39 is 5.97 Å². The molecule has 6 heteroatoms. The Kier molecular flexibility index (Phi) is 4.76. The maximum absolute atomic E-state index is 12.7. The first kappa shape index (κ1) is 17.7. The summed E-state index contributed by atoms with van der Waals surface area (Å²) in [7, 11) is 1.32. The Balaban J connectivity index is 1.55. The summed E-state index contributed by atoms with van der Waals surface area (Å²) < 4.78 is 4.72. The second-order valence-electron chi connectivity index (χ2n) is 6.46. The van der Waals surface area contributed by atoms with E-state index in [9.17, 15) is 9.59 Å². The first-order chi connectivity index (χ1) is 13.7. The molecule has 1 aliphatic rings. The highest BCUT2D eigenvalue weighted by molar-refractivity contribution is 6.05. The lowest BCUT2D eigenvalue weighted by Gasteiger charge is -2.18. The van der Waals surface area contributed by atoms with E-state index in [0.717, 1.165) is 24.5 Å². The topological polar surface area (TPSA) is 71.5 Å². The number of anilines is 3. The van der Waals surface area contributed by atoms with Gasteiger partial charge in [-0.3, -0.25) is 4.79 Å². The van der Waals surface area contributed by atoms with Gasteiger partial charge >= 0.3 is 5.97 Å². The number of fused-ring (bicyclic) bond motifs is 1. The lowest BCUT2D eigenvalue weighted by atomic mass is 10.1. The van der Waals surface area contributed by atoms with Crippen molar-refractivity contribution in [1.29, 1.82) is 0 Å². The van der Waals surface area contributed by atoms with Crippen LogP contribution < -0.4 is 10.2 Å². The maximum Gasteiger partial charge on any atom is 0.337 e. The van der Waals surface area contributed by atoms with Crippen LogP contribution in [-0.2, 0) is 11.2 Å². The van der Waals surface area contributed by atoms with Gasteiger partial charge in [0.1, 0.15) is 5.82 Å². The van der Waals surface area contributed by atoms with Crippen LogP contribution in [0.1, 0.15) is 26.3 Å². The number of ether oxygens (including phenoxy) is 1. The largest absolute Gasteiger partial charge is 0.465 e. The first-order valence-corrected chi connectivity index (χ1v) is 8.97. The molecule has 4 rings (SSSR count). The normalized spacial score (nSPS) is 12.4. The van der Waals surface area contributed by atoms with E-state index in [1.54, 1.807) is 42.6 Å². The van der Waals surface area contributed by atoms with Crippen molar-refractivity contribution in [1.82, 2.24) is 4.98 Å². The van der Waals surface area contributed by atoms with Gasteiger partial charge in [-0.2, -0.15) is 0 Å². The van der Waals surface area contributed by atoms with Gasteiger partial charge < -0.3 is 15.0 Å². The second-order valence-corrected chi connectivity index (χ2v) is 6.46. The van der Waals surface area contributed by atoms with E-state index in [0.29, 0.717) is 16.8 Å². The number of aromatic nitrogens is 1. The molecule has 2 aromatic carbocycles. The molecule has 28 heavy (non-hydrogen) atoms. The van der Waals surface area contributed by atoms with Gasteiger partial charge in [0, 0.05) is 29.7 Å². The summed E-state index contributed by atoms with van der Waals surface area (Å²) in [5, 5.41) is 2.82. The van der Waals surface area contributed by atoms with Crippen molar-refractivity contribution in [3.05, 3.63) is 83.6 Å². The van der Waals surface area contributed by atoms with Gasteiger partial charge in [0.25, 0.3) is 5.91 Å². The fourth-order valence-electron chi connectivity index (χ4n) is 3.33. The summed E-state index contributed by atoms with van der Waals surface area (Å²) in [5.41, 5.74) is 3.80. The molecule has 140 valence electrons. The standard InChI is InChI=1S/C22H19N3O3/c1-28-22(27)17-6-4-7-18(13-17)24-21(26)16-9-11-23-20(14-16)25-12-10-15-5-2-3-8-19(15)25/h2-9,11,13-14H,10,12H2,1H3,(H,24,26). The molecule has 3 aromatic rings. The van der Waals surface area contributed by atoms with E-state index >= 15 is 0 Å². The van der Waals surface area contributed by atoms with Crippen LogP contribution in [0.5, 0.6) is 0 Å². The maximum atomic E-state index is 12.7. The second kappa shape index (κ2) is 7.52. The number of rotatable bonds is 4. The molecule has 0 bridgehead atoms. The number of hydrogen-bond donors (Lipinski definition) is 1. The quantitative estimate of drug-likeness (QED) is 0.704. The van der Waals surface area contributed by atoms with Gasteiger partial charge in [-0.15, -0.1) is 0 Å². The Morgan fingerprint density at radius 2 is 1.89 bits per heavy atom. The molecule has 6 nitrogen and oxygen atoms in total. The number of carbonyl (C=O) groups excluding carboxylic acids is 2. The van der Waals surface area contributed by atoms with Gasteiger partial charge in [-0.05, 0) is 48.4 Å². The predicted molar refractivity (Wildman–Crippen MR) is 107 cm³/mol. The molecule has 1 N–H and O–H groups in total. The molecule has 2 heterocycles. The Labute approximate surface area is 162 Å². The Hall–Kier alpha value is -3.67. The summed E-state index contributed by atoms with van der Waals surface area (Å²) in [6.07, 6.45) is 2.59. The highest BCUT2D eigenvalue weighted by Crippen LogP contribution is 2.33. The number of carbonyl (C=O) groups is 2. The Bertz CT molecular complexity index is 1050. The minimum absolute atomic E-state index is 0.266. The number of para-hydroxylation sites is 1. The van der Waals surface area contributed by atoms with Crippen LogP contribution in [0.3, 0.4) is 0 Å². The third kappa shape index (κ3) is 3.44. The smallest absolute Gasteiger partial charge is 0.337 e. The van der Waals surface area contributed by atoms with Crippen LogP contribution in [0, 0.1) is 0 Å². The van der Waals surface area contributed by atoms with Crippen LogP contribution in [0.15, 0.2) is 66.9 Å². The minimum Gasteiger partial charge on any atom is -0.465 e. The number of methoxy groups -OCH3 is 1. The van der Waals surface area contributed by atoms with Crippen molar-refractivity contribution in [2.24, 2.45) is 0 Å². The van der Waals surface area contributed by atoms with Crippen molar-refractivity contribution in [3.8, 4) is 0 Å². The van der Waals surface area contributed by atoms with Crippen LogP contribution in [-0.4, -0.2) is 30.5 Å². The molecular formula is C22H19N3O3. The zero-order valence-electron chi connectivity index (χ0n) is 15.4. The first-order valence-electron chi connectivity index (χ1n) is 8.97. The van der Waals surface area contributed by atoms with Crippen molar-refractivity contribution in [3.63, 3.8) is 0 Å². The molecule has 0 atom stereocenters. The molecule has 0 saturated heterocycles. The van der Waals surface area contributed by atoms with Gasteiger partial charge in [-0.1, -0.05) is 24.3 Å². The third-order valence-electron chi connectivity index (χ3n) is 4.71. The summed E-state index contributed by atoms with van der Waals surface area (Å²) in [6, 6.07) is 18.3. The minimum atomic E-state index is -0.449. The van der Waals surface area contributed by atoms with Gasteiger partial charge in [0.05, 0.1) is 12.7 Å². The summed E-state index contributed by atoms with van der Waals surface area (Å²) in [6.45, 7) is 0.832.